The van der Waals surface area contributed by atoms with Crippen LogP contribution in [-0.4, -0.2) is 9.55 Å². The molecule has 1 aromatic heterocycles. The molecule has 0 radical (unpaired) electrons. The Morgan fingerprint density at radius 3 is 1.66 bits per heavy atom. The molecule has 0 N–H and O–H groups in total. The van der Waals surface area contributed by atoms with E-state index in [0.29, 0.717) is 0 Å². The van der Waals surface area contributed by atoms with Crippen molar-refractivity contribution in [3.05, 3.63) is 133 Å². The standard InChI is InChI=1S/C33H22N2/c1-3-13-23(14-4-1)25-17-7-12-22-30(25)33-34-31-28-20-10-8-18-26(28)27-19-9-11-21-29(27)32(31)35(33)24-15-5-2-6-16-24/h1-22H. The third kappa shape index (κ3) is 3.08. The molecule has 1 heterocycles. The van der Waals surface area contributed by atoms with Crippen LogP contribution in [0.25, 0.3) is 60.8 Å². The van der Waals surface area contributed by atoms with Gasteiger partial charge in [-0.3, -0.25) is 4.57 Å². The summed E-state index contributed by atoms with van der Waals surface area (Å²) in [4.78, 5) is 5.39. The zero-order valence-electron chi connectivity index (χ0n) is 19.1. The molecule has 2 nitrogen and oxygen atoms in total. The minimum atomic E-state index is 0.951. The van der Waals surface area contributed by atoms with E-state index >= 15 is 0 Å². The number of hydrogen-bond acceptors (Lipinski definition) is 1. The molecule has 7 rings (SSSR count). The van der Waals surface area contributed by atoms with Crippen LogP contribution in [0, 0.1) is 0 Å². The van der Waals surface area contributed by atoms with Crippen molar-refractivity contribution in [2.45, 2.75) is 0 Å². The van der Waals surface area contributed by atoms with Crippen LogP contribution in [0.4, 0.5) is 0 Å². The van der Waals surface area contributed by atoms with Crippen molar-refractivity contribution in [2.75, 3.05) is 0 Å². The highest BCUT2D eigenvalue weighted by molar-refractivity contribution is 6.24. The van der Waals surface area contributed by atoms with Gasteiger partial charge in [0.1, 0.15) is 5.82 Å². The van der Waals surface area contributed by atoms with Gasteiger partial charge in [-0.1, -0.05) is 121 Å². The van der Waals surface area contributed by atoms with Crippen LogP contribution >= 0.6 is 0 Å². The Bertz CT molecular complexity index is 1830. The first-order chi connectivity index (χ1) is 17.4. The van der Waals surface area contributed by atoms with Crippen molar-refractivity contribution in [3.8, 4) is 28.2 Å². The van der Waals surface area contributed by atoms with Crippen molar-refractivity contribution in [3.63, 3.8) is 0 Å². The van der Waals surface area contributed by atoms with E-state index in [1.807, 2.05) is 0 Å². The number of aromatic nitrogens is 2. The van der Waals surface area contributed by atoms with Crippen molar-refractivity contribution < 1.29 is 0 Å². The predicted molar refractivity (Wildman–Crippen MR) is 147 cm³/mol. The molecule has 0 aliphatic heterocycles. The van der Waals surface area contributed by atoms with Crippen molar-refractivity contribution in [1.29, 1.82) is 0 Å². The number of rotatable bonds is 3. The largest absolute Gasteiger partial charge is 0.292 e. The first-order valence-electron chi connectivity index (χ1n) is 11.9. The van der Waals surface area contributed by atoms with Gasteiger partial charge in [-0.15, -0.1) is 0 Å². The second-order valence-electron chi connectivity index (χ2n) is 8.81. The zero-order valence-corrected chi connectivity index (χ0v) is 19.1. The van der Waals surface area contributed by atoms with Gasteiger partial charge >= 0.3 is 0 Å². The molecule has 0 unspecified atom stereocenters. The third-order valence-corrected chi connectivity index (χ3v) is 6.80. The number of para-hydroxylation sites is 1. The van der Waals surface area contributed by atoms with E-state index in [0.717, 1.165) is 28.1 Å². The average molecular weight is 447 g/mol. The van der Waals surface area contributed by atoms with E-state index in [9.17, 15) is 0 Å². The summed E-state index contributed by atoms with van der Waals surface area (Å²) in [5.41, 5.74) is 6.75. The highest BCUT2D eigenvalue weighted by Gasteiger charge is 2.21. The molecule has 6 aromatic carbocycles. The molecule has 0 spiro atoms. The van der Waals surface area contributed by atoms with Gasteiger partial charge in [-0.05, 0) is 34.0 Å². The van der Waals surface area contributed by atoms with Gasteiger partial charge in [0.05, 0.1) is 11.0 Å². The molecule has 35 heavy (non-hydrogen) atoms. The van der Waals surface area contributed by atoms with E-state index in [1.165, 1.54) is 32.7 Å². The maximum atomic E-state index is 5.39. The summed E-state index contributed by atoms with van der Waals surface area (Å²) < 4.78 is 2.34. The maximum Gasteiger partial charge on any atom is 0.146 e. The number of imidazole rings is 1. The summed E-state index contributed by atoms with van der Waals surface area (Å²) in [5, 5.41) is 4.86. The fourth-order valence-electron chi connectivity index (χ4n) is 5.26. The second kappa shape index (κ2) is 7.96. The maximum absolute atomic E-state index is 5.39. The number of fused-ring (bicyclic) bond motifs is 6. The molecule has 0 fully saturated rings. The third-order valence-electron chi connectivity index (χ3n) is 6.80. The van der Waals surface area contributed by atoms with Gasteiger partial charge in [0, 0.05) is 22.0 Å². The van der Waals surface area contributed by atoms with Crippen LogP contribution in [0.1, 0.15) is 0 Å². The summed E-state index contributed by atoms with van der Waals surface area (Å²) in [6, 6.07) is 47.0. The fourth-order valence-corrected chi connectivity index (χ4v) is 5.26. The first kappa shape index (κ1) is 19.7. The molecule has 0 saturated heterocycles. The number of benzene rings is 6. The van der Waals surface area contributed by atoms with Gasteiger partial charge in [0.2, 0.25) is 0 Å². The summed E-state index contributed by atoms with van der Waals surface area (Å²) in [7, 11) is 0. The highest BCUT2D eigenvalue weighted by atomic mass is 15.1. The molecule has 0 atom stereocenters. The lowest BCUT2D eigenvalue weighted by molar-refractivity contribution is 1.11. The molecule has 0 aliphatic carbocycles. The normalized spacial score (nSPS) is 11.4. The van der Waals surface area contributed by atoms with Crippen LogP contribution in [0.5, 0.6) is 0 Å². The molecule has 2 heteroatoms. The minimum Gasteiger partial charge on any atom is -0.292 e. The molecule has 0 bridgehead atoms. The van der Waals surface area contributed by atoms with E-state index in [4.69, 9.17) is 4.98 Å². The first-order valence-corrected chi connectivity index (χ1v) is 11.9. The summed E-state index contributed by atoms with van der Waals surface area (Å²) in [6.07, 6.45) is 0. The van der Waals surface area contributed by atoms with Gasteiger partial charge in [0.15, 0.2) is 0 Å². The molecule has 0 aliphatic rings. The van der Waals surface area contributed by atoms with E-state index < -0.39 is 0 Å². The minimum absolute atomic E-state index is 0.951. The van der Waals surface area contributed by atoms with Gasteiger partial charge in [-0.2, -0.15) is 0 Å². The van der Waals surface area contributed by atoms with E-state index in [1.54, 1.807) is 0 Å². The zero-order chi connectivity index (χ0) is 23.2. The predicted octanol–water partition coefficient (Wildman–Crippen LogP) is 8.67. The lowest BCUT2D eigenvalue weighted by Crippen LogP contribution is -1.99. The Labute approximate surface area is 203 Å². The summed E-state index contributed by atoms with van der Waals surface area (Å²) >= 11 is 0. The van der Waals surface area contributed by atoms with Crippen LogP contribution < -0.4 is 0 Å². The van der Waals surface area contributed by atoms with Crippen molar-refractivity contribution in [2.24, 2.45) is 0 Å². The summed E-state index contributed by atoms with van der Waals surface area (Å²) in [6.45, 7) is 0. The Morgan fingerprint density at radius 1 is 0.429 bits per heavy atom. The highest BCUT2D eigenvalue weighted by Crippen LogP contribution is 2.41. The fraction of sp³-hybridized carbons (Fsp3) is 0. The molecular weight excluding hydrogens is 424 g/mol. The Balaban J connectivity index is 1.69. The molecule has 7 aromatic rings. The molecule has 164 valence electrons. The van der Waals surface area contributed by atoms with Crippen LogP contribution in [-0.2, 0) is 0 Å². The Kier molecular flexibility index (Phi) is 4.49. The average Bonchev–Trinajstić information content (AvgIpc) is 3.35. The smallest absolute Gasteiger partial charge is 0.146 e. The topological polar surface area (TPSA) is 17.8 Å². The lowest BCUT2D eigenvalue weighted by Gasteiger charge is -2.14. The Hall–Kier alpha value is -4.69. The Morgan fingerprint density at radius 2 is 0.943 bits per heavy atom. The van der Waals surface area contributed by atoms with Crippen molar-refractivity contribution >= 4 is 32.6 Å². The monoisotopic (exact) mass is 446 g/mol. The van der Waals surface area contributed by atoms with Gasteiger partial charge < -0.3 is 0 Å². The number of hydrogen-bond donors (Lipinski definition) is 0. The van der Waals surface area contributed by atoms with Gasteiger partial charge in [-0.25, -0.2) is 4.98 Å². The van der Waals surface area contributed by atoms with E-state index in [2.05, 4.69) is 138 Å². The van der Waals surface area contributed by atoms with E-state index in [-0.39, 0.29) is 0 Å². The quantitative estimate of drug-likeness (QED) is 0.248. The molecule has 0 saturated carbocycles. The van der Waals surface area contributed by atoms with Crippen LogP contribution in [0.2, 0.25) is 0 Å². The SMILES string of the molecule is c1ccc(-c2ccccc2-c2nc3c4ccccc4c4ccccc4c3n2-c2ccccc2)cc1. The number of nitrogens with zero attached hydrogens (tertiary/aromatic N) is 2. The van der Waals surface area contributed by atoms with Crippen LogP contribution in [0.15, 0.2) is 133 Å². The molecular formula is C33H22N2. The van der Waals surface area contributed by atoms with Crippen molar-refractivity contribution in [1.82, 2.24) is 9.55 Å². The molecule has 0 amide bonds. The van der Waals surface area contributed by atoms with Crippen LogP contribution in [0.3, 0.4) is 0 Å². The summed E-state index contributed by atoms with van der Waals surface area (Å²) in [5.74, 6) is 0.951. The van der Waals surface area contributed by atoms with Gasteiger partial charge in [0.25, 0.3) is 0 Å². The second-order valence-corrected chi connectivity index (χ2v) is 8.81. The lowest BCUT2D eigenvalue weighted by atomic mass is 9.99.